The number of carbonyl (C=O) groups excluding carboxylic acids is 2. The van der Waals surface area contributed by atoms with Gasteiger partial charge in [-0.15, -0.1) is 0 Å². The third-order valence-corrected chi connectivity index (χ3v) is 7.47. The molecular weight excluding hydrogens is 494 g/mol. The molecular formula is C28H33NO7S. The lowest BCUT2D eigenvalue weighted by Gasteiger charge is -2.17. The average molecular weight is 528 g/mol. The van der Waals surface area contributed by atoms with Crippen molar-refractivity contribution in [2.24, 2.45) is 11.8 Å². The van der Waals surface area contributed by atoms with Crippen LogP contribution >= 0.6 is 0 Å². The van der Waals surface area contributed by atoms with Gasteiger partial charge in [-0.05, 0) is 43.5 Å². The van der Waals surface area contributed by atoms with Crippen LogP contribution in [0.3, 0.4) is 0 Å². The topological polar surface area (TPSA) is 130 Å². The molecule has 1 saturated carbocycles. The summed E-state index contributed by atoms with van der Waals surface area (Å²) >= 11 is 0. The molecule has 1 unspecified atom stereocenters. The number of sulfonamides is 1. The largest absolute Gasteiger partial charge is 0.491 e. The van der Waals surface area contributed by atoms with Gasteiger partial charge in [0, 0.05) is 24.7 Å². The number of nitrogens with one attached hydrogen (secondary N) is 1. The summed E-state index contributed by atoms with van der Waals surface area (Å²) in [5.41, 5.74) is 0. The van der Waals surface area contributed by atoms with Gasteiger partial charge >= 0.3 is 0 Å². The first kappa shape index (κ1) is 28.3. The molecule has 1 fully saturated rings. The van der Waals surface area contributed by atoms with Gasteiger partial charge in [-0.1, -0.05) is 60.7 Å². The van der Waals surface area contributed by atoms with Gasteiger partial charge in [-0.3, -0.25) is 9.59 Å². The van der Waals surface area contributed by atoms with Crippen molar-refractivity contribution in [2.75, 3.05) is 6.61 Å². The molecule has 9 heteroatoms. The predicted octanol–water partition coefficient (Wildman–Crippen LogP) is 3.17. The molecule has 198 valence electrons. The van der Waals surface area contributed by atoms with E-state index < -0.39 is 40.0 Å². The number of aliphatic hydroxyl groups is 2. The van der Waals surface area contributed by atoms with Crippen molar-refractivity contribution < 1.29 is 33.0 Å². The van der Waals surface area contributed by atoms with E-state index in [9.17, 15) is 28.2 Å². The standard InChI is InChI=1S/C28H33NO7S/c30-21(20-36-22-11-5-3-6-12-22)17-18-25-24(26(31)19-27(25)32)15-9-1-2-10-16-28(33)29-37(34,35)23-13-7-4-8-14-23/h1,3-9,11-14,17-18,21,24-25,27,30,32H,2,10,15-16,19-20H2,(H,29,33)/b9-1-,18-17+/t21-,24-,25?,27-/m1/s1. The smallest absolute Gasteiger partial charge is 0.264 e. The maximum atomic E-state index is 12.4. The van der Waals surface area contributed by atoms with Gasteiger partial charge in [0.05, 0.1) is 11.0 Å². The van der Waals surface area contributed by atoms with E-state index in [4.69, 9.17) is 4.74 Å². The monoisotopic (exact) mass is 527 g/mol. The number of Topliss-reactive ketones (excluding diaryl/α,β-unsaturated/α-hetero) is 1. The minimum atomic E-state index is -3.88. The Morgan fingerprint density at radius 3 is 2.46 bits per heavy atom. The van der Waals surface area contributed by atoms with Crippen LogP contribution in [-0.4, -0.2) is 49.1 Å². The lowest BCUT2D eigenvalue weighted by molar-refractivity contribution is -0.121. The summed E-state index contributed by atoms with van der Waals surface area (Å²) in [6.45, 7) is 0.0576. The van der Waals surface area contributed by atoms with Crippen LogP contribution in [0.5, 0.6) is 5.75 Å². The first-order chi connectivity index (χ1) is 17.8. The number of carbonyl (C=O) groups is 2. The Bertz CT molecular complexity index is 1180. The van der Waals surface area contributed by atoms with Gasteiger partial charge in [0.1, 0.15) is 24.2 Å². The van der Waals surface area contributed by atoms with E-state index in [1.54, 1.807) is 42.5 Å². The zero-order valence-electron chi connectivity index (χ0n) is 20.5. The fourth-order valence-electron chi connectivity index (χ4n) is 4.14. The summed E-state index contributed by atoms with van der Waals surface area (Å²) < 4.78 is 32.0. The normalized spacial score (nSPS) is 20.9. The van der Waals surface area contributed by atoms with Gasteiger partial charge in [0.15, 0.2) is 0 Å². The molecule has 4 atom stereocenters. The SMILES string of the molecule is O=C(CCC/C=C\C[C@H]1C(=O)C[C@@H](O)C1/C=C/[C@@H](O)COc1ccccc1)NS(=O)(=O)c1ccccc1. The van der Waals surface area contributed by atoms with E-state index >= 15 is 0 Å². The minimum Gasteiger partial charge on any atom is -0.491 e. The number of ketones is 1. The summed E-state index contributed by atoms with van der Waals surface area (Å²) in [5.74, 6) is -0.774. The van der Waals surface area contributed by atoms with Crippen molar-refractivity contribution in [1.82, 2.24) is 4.72 Å². The van der Waals surface area contributed by atoms with Crippen LogP contribution in [0.1, 0.15) is 32.1 Å². The molecule has 2 aromatic rings. The van der Waals surface area contributed by atoms with Gasteiger partial charge in [-0.2, -0.15) is 0 Å². The summed E-state index contributed by atoms with van der Waals surface area (Å²) in [5, 5.41) is 20.5. The van der Waals surface area contributed by atoms with Crippen molar-refractivity contribution in [3.8, 4) is 5.75 Å². The maximum Gasteiger partial charge on any atom is 0.264 e. The fraction of sp³-hybridized carbons (Fsp3) is 0.357. The van der Waals surface area contributed by atoms with Crippen LogP contribution in [0.15, 0.2) is 89.9 Å². The number of hydrogen-bond acceptors (Lipinski definition) is 7. The first-order valence-electron chi connectivity index (χ1n) is 12.3. The number of ether oxygens (including phenoxy) is 1. The van der Waals surface area contributed by atoms with Gasteiger partial charge in [0.2, 0.25) is 5.91 Å². The number of benzene rings is 2. The molecule has 2 aromatic carbocycles. The highest BCUT2D eigenvalue weighted by Crippen LogP contribution is 2.33. The van der Waals surface area contributed by atoms with Crippen molar-refractivity contribution in [3.63, 3.8) is 0 Å². The molecule has 0 heterocycles. The van der Waals surface area contributed by atoms with Gasteiger partial charge < -0.3 is 14.9 Å². The van der Waals surface area contributed by atoms with Crippen LogP contribution in [0.2, 0.25) is 0 Å². The van der Waals surface area contributed by atoms with Crippen LogP contribution in [0, 0.1) is 11.8 Å². The zero-order valence-corrected chi connectivity index (χ0v) is 21.3. The predicted molar refractivity (Wildman–Crippen MR) is 139 cm³/mol. The van der Waals surface area contributed by atoms with E-state index in [1.165, 1.54) is 12.1 Å². The Balaban J connectivity index is 1.41. The summed E-state index contributed by atoms with van der Waals surface area (Å²) in [7, 11) is -3.88. The number of hydrogen-bond donors (Lipinski definition) is 3. The third-order valence-electron chi connectivity index (χ3n) is 6.09. The molecule has 0 radical (unpaired) electrons. The Morgan fingerprint density at radius 2 is 1.76 bits per heavy atom. The average Bonchev–Trinajstić information content (AvgIpc) is 3.16. The number of allylic oxidation sites excluding steroid dienone is 2. The lowest BCUT2D eigenvalue weighted by atomic mass is 9.90. The number of unbranched alkanes of at least 4 members (excludes halogenated alkanes) is 1. The summed E-state index contributed by atoms with van der Waals surface area (Å²) in [6.07, 6.45) is 6.77. The number of para-hydroxylation sites is 1. The minimum absolute atomic E-state index is 0.0338. The molecule has 8 nitrogen and oxygen atoms in total. The molecule has 37 heavy (non-hydrogen) atoms. The second-order valence-electron chi connectivity index (χ2n) is 8.94. The van der Waals surface area contributed by atoms with Crippen molar-refractivity contribution in [1.29, 1.82) is 0 Å². The molecule has 0 bridgehead atoms. The Hall–Kier alpha value is -3.27. The molecule has 1 amide bonds. The quantitative estimate of drug-likeness (QED) is 0.269. The van der Waals surface area contributed by atoms with Crippen molar-refractivity contribution in [2.45, 2.75) is 49.2 Å². The molecule has 0 aromatic heterocycles. The lowest BCUT2D eigenvalue weighted by Crippen LogP contribution is -2.30. The highest BCUT2D eigenvalue weighted by molar-refractivity contribution is 7.90. The van der Waals surface area contributed by atoms with Crippen molar-refractivity contribution >= 4 is 21.7 Å². The first-order valence-corrected chi connectivity index (χ1v) is 13.8. The Morgan fingerprint density at radius 1 is 1.08 bits per heavy atom. The van der Waals surface area contributed by atoms with Crippen LogP contribution < -0.4 is 9.46 Å². The van der Waals surface area contributed by atoms with Crippen molar-refractivity contribution in [3.05, 3.63) is 85.0 Å². The van der Waals surface area contributed by atoms with E-state index in [2.05, 4.69) is 4.72 Å². The molecule has 1 aliphatic carbocycles. The van der Waals surface area contributed by atoms with E-state index in [1.807, 2.05) is 30.4 Å². The second-order valence-corrected chi connectivity index (χ2v) is 10.6. The van der Waals surface area contributed by atoms with Crippen LogP contribution in [-0.2, 0) is 19.6 Å². The molecule has 1 aliphatic rings. The van der Waals surface area contributed by atoms with Crippen LogP contribution in [0.4, 0.5) is 0 Å². The Labute approximate surface area is 217 Å². The van der Waals surface area contributed by atoms with E-state index in [0.29, 0.717) is 25.0 Å². The summed E-state index contributed by atoms with van der Waals surface area (Å²) in [4.78, 5) is 24.4. The molecule has 0 aliphatic heterocycles. The van der Waals surface area contributed by atoms with E-state index in [0.717, 1.165) is 0 Å². The fourth-order valence-corrected chi connectivity index (χ4v) is 5.17. The number of amides is 1. The maximum absolute atomic E-state index is 12.4. The van der Waals surface area contributed by atoms with E-state index in [-0.39, 0.29) is 30.1 Å². The molecule has 3 rings (SSSR count). The molecule has 0 spiro atoms. The molecule has 0 saturated heterocycles. The second kappa shape index (κ2) is 13.9. The molecule has 3 N–H and O–H groups in total. The van der Waals surface area contributed by atoms with Crippen LogP contribution in [0.25, 0.3) is 0 Å². The van der Waals surface area contributed by atoms with Gasteiger partial charge in [-0.25, -0.2) is 13.1 Å². The highest BCUT2D eigenvalue weighted by atomic mass is 32.2. The summed E-state index contributed by atoms with van der Waals surface area (Å²) in [6, 6.07) is 16.8. The Kier molecular flexibility index (Phi) is 10.6. The van der Waals surface area contributed by atoms with Gasteiger partial charge in [0.25, 0.3) is 10.0 Å². The third kappa shape index (κ3) is 8.96. The highest BCUT2D eigenvalue weighted by Gasteiger charge is 2.39. The number of rotatable bonds is 13. The zero-order chi connectivity index (χ0) is 26.7. The number of aliphatic hydroxyl groups excluding tert-OH is 2.